The summed E-state index contributed by atoms with van der Waals surface area (Å²) in [5.41, 5.74) is 0.626. The van der Waals surface area contributed by atoms with Crippen LogP contribution in [0.25, 0.3) is 0 Å². The summed E-state index contributed by atoms with van der Waals surface area (Å²) in [6, 6.07) is 4.87. The van der Waals surface area contributed by atoms with E-state index in [9.17, 15) is 14.4 Å². The molecule has 0 aliphatic heterocycles. The Labute approximate surface area is 126 Å². The third-order valence-corrected chi connectivity index (χ3v) is 2.99. The monoisotopic (exact) mass is 304 g/mol. The number of ketones is 1. The van der Waals surface area contributed by atoms with E-state index in [2.05, 4.69) is 5.32 Å². The molecule has 0 atom stereocenters. The van der Waals surface area contributed by atoms with Crippen LogP contribution in [0, 0.1) is 0 Å². The molecule has 7 nitrogen and oxygen atoms in total. The molecular formula is C15H16N2O5. The molecular weight excluding hydrogens is 288 g/mol. The highest BCUT2D eigenvalue weighted by Gasteiger charge is 2.16. The number of rotatable bonds is 6. The van der Waals surface area contributed by atoms with E-state index >= 15 is 0 Å². The number of hydrogen-bond donors (Lipinski definition) is 1. The molecule has 2 aromatic heterocycles. The zero-order valence-corrected chi connectivity index (χ0v) is 12.3. The summed E-state index contributed by atoms with van der Waals surface area (Å²) in [5, 5.41) is 2.56. The van der Waals surface area contributed by atoms with Gasteiger partial charge in [-0.05, 0) is 25.1 Å². The summed E-state index contributed by atoms with van der Waals surface area (Å²) in [6.45, 7) is 1.23. The first-order valence-corrected chi connectivity index (χ1v) is 6.61. The van der Waals surface area contributed by atoms with Gasteiger partial charge in [-0.15, -0.1) is 0 Å². The molecule has 0 radical (unpaired) electrons. The first-order chi connectivity index (χ1) is 10.5. The number of esters is 1. The van der Waals surface area contributed by atoms with Crippen LogP contribution < -0.4 is 5.32 Å². The average Bonchev–Trinajstić information content (AvgIpc) is 3.11. The molecule has 0 bridgehead atoms. The lowest BCUT2D eigenvalue weighted by molar-refractivity contribution is -0.124. The van der Waals surface area contributed by atoms with Gasteiger partial charge in [-0.1, -0.05) is 0 Å². The highest BCUT2D eigenvalue weighted by Crippen LogP contribution is 2.09. The number of aromatic nitrogens is 1. The number of nitrogens with zero attached hydrogens (tertiary/aromatic N) is 1. The van der Waals surface area contributed by atoms with Crippen molar-refractivity contribution in [3.05, 3.63) is 47.7 Å². The molecule has 0 spiro atoms. The smallest absolute Gasteiger partial charge is 0.355 e. The highest BCUT2D eigenvalue weighted by atomic mass is 16.5. The van der Waals surface area contributed by atoms with Gasteiger partial charge in [0.2, 0.25) is 0 Å². The molecule has 22 heavy (non-hydrogen) atoms. The number of Topliss-reactive ketones (excluding diaryl/α,β-unsaturated/α-hetero) is 1. The number of aryl methyl sites for hydroxylation is 1. The van der Waals surface area contributed by atoms with Crippen molar-refractivity contribution in [3.8, 4) is 0 Å². The van der Waals surface area contributed by atoms with E-state index in [1.54, 1.807) is 19.2 Å². The third-order valence-electron chi connectivity index (χ3n) is 2.99. The Hall–Kier alpha value is -2.83. The lowest BCUT2D eigenvalue weighted by Gasteiger charge is -2.06. The first kappa shape index (κ1) is 15.6. The third kappa shape index (κ3) is 3.85. The molecule has 0 aromatic carbocycles. The minimum Gasteiger partial charge on any atom is -0.467 e. The lowest BCUT2D eigenvalue weighted by Crippen LogP contribution is -2.28. The van der Waals surface area contributed by atoms with Crippen LogP contribution in [0.3, 0.4) is 0 Å². The van der Waals surface area contributed by atoms with Gasteiger partial charge in [-0.3, -0.25) is 9.59 Å². The molecule has 0 aliphatic carbocycles. The standard InChI is InChI=1S/C15H16N2O5/c1-10(18)11-6-13(17(2)8-11)15(20)22-9-14(19)16-7-12-4-3-5-21-12/h3-6,8H,7,9H2,1-2H3,(H,16,19). The van der Waals surface area contributed by atoms with Gasteiger partial charge in [-0.25, -0.2) is 4.79 Å². The SMILES string of the molecule is CC(=O)c1cc(C(=O)OCC(=O)NCc2ccco2)n(C)c1. The summed E-state index contributed by atoms with van der Waals surface area (Å²) in [6.07, 6.45) is 3.04. The molecule has 2 rings (SSSR count). The van der Waals surface area contributed by atoms with Crippen molar-refractivity contribution in [1.29, 1.82) is 0 Å². The van der Waals surface area contributed by atoms with Crippen molar-refractivity contribution in [2.24, 2.45) is 7.05 Å². The zero-order valence-electron chi connectivity index (χ0n) is 12.3. The van der Waals surface area contributed by atoms with Crippen molar-refractivity contribution in [1.82, 2.24) is 9.88 Å². The summed E-state index contributed by atoms with van der Waals surface area (Å²) < 4.78 is 11.5. The molecule has 1 N–H and O–H groups in total. The average molecular weight is 304 g/mol. The second kappa shape index (κ2) is 6.75. The van der Waals surface area contributed by atoms with Gasteiger partial charge in [-0.2, -0.15) is 0 Å². The zero-order chi connectivity index (χ0) is 16.1. The minimum atomic E-state index is -0.664. The molecule has 116 valence electrons. The molecule has 0 aliphatic rings. The van der Waals surface area contributed by atoms with Gasteiger partial charge in [0, 0.05) is 18.8 Å². The second-order valence-corrected chi connectivity index (χ2v) is 4.71. The Morgan fingerprint density at radius 3 is 2.73 bits per heavy atom. The predicted molar refractivity (Wildman–Crippen MR) is 76.3 cm³/mol. The number of hydrogen-bond acceptors (Lipinski definition) is 5. The summed E-state index contributed by atoms with van der Waals surface area (Å²) >= 11 is 0. The molecule has 0 unspecified atom stereocenters. The van der Waals surface area contributed by atoms with E-state index in [0.29, 0.717) is 11.3 Å². The van der Waals surface area contributed by atoms with Crippen LogP contribution >= 0.6 is 0 Å². The fourth-order valence-corrected chi connectivity index (χ4v) is 1.81. The van der Waals surface area contributed by atoms with Gasteiger partial charge in [0.15, 0.2) is 12.4 Å². The molecule has 0 saturated carbocycles. The van der Waals surface area contributed by atoms with Crippen LogP contribution in [-0.4, -0.2) is 28.8 Å². The van der Waals surface area contributed by atoms with E-state index in [4.69, 9.17) is 9.15 Å². The predicted octanol–water partition coefficient (Wildman–Crippen LogP) is 1.29. The van der Waals surface area contributed by atoms with Gasteiger partial charge < -0.3 is 19.0 Å². The quantitative estimate of drug-likeness (QED) is 0.641. The van der Waals surface area contributed by atoms with Crippen LogP contribution in [0.2, 0.25) is 0 Å². The minimum absolute atomic E-state index is 0.147. The first-order valence-electron chi connectivity index (χ1n) is 6.61. The van der Waals surface area contributed by atoms with Gasteiger partial charge in [0.25, 0.3) is 5.91 Å². The van der Waals surface area contributed by atoms with Crippen molar-refractivity contribution in [2.45, 2.75) is 13.5 Å². The van der Waals surface area contributed by atoms with E-state index in [0.717, 1.165) is 0 Å². The number of amides is 1. The molecule has 2 aromatic rings. The van der Waals surface area contributed by atoms with Gasteiger partial charge >= 0.3 is 5.97 Å². The Balaban J connectivity index is 1.84. The summed E-state index contributed by atoms with van der Waals surface area (Å²) in [5.74, 6) is -0.645. The molecule has 0 fully saturated rings. The van der Waals surface area contributed by atoms with Crippen molar-refractivity contribution >= 4 is 17.7 Å². The number of carbonyl (C=O) groups is 3. The van der Waals surface area contributed by atoms with Gasteiger partial charge in [0.1, 0.15) is 11.5 Å². The van der Waals surface area contributed by atoms with Crippen LogP contribution in [0.15, 0.2) is 35.1 Å². The van der Waals surface area contributed by atoms with E-state index in [-0.39, 0.29) is 18.0 Å². The maximum absolute atomic E-state index is 11.9. The second-order valence-electron chi connectivity index (χ2n) is 4.71. The van der Waals surface area contributed by atoms with Crippen molar-refractivity contribution in [2.75, 3.05) is 6.61 Å². The maximum Gasteiger partial charge on any atom is 0.355 e. The number of ether oxygens (including phenoxy) is 1. The normalized spacial score (nSPS) is 10.3. The van der Waals surface area contributed by atoms with Crippen molar-refractivity contribution < 1.29 is 23.5 Å². The number of furan rings is 1. The van der Waals surface area contributed by atoms with E-state index in [1.807, 2.05) is 0 Å². The molecule has 1 amide bonds. The number of carbonyl (C=O) groups excluding carboxylic acids is 3. The van der Waals surface area contributed by atoms with Crippen LogP contribution in [0.5, 0.6) is 0 Å². The Morgan fingerprint density at radius 2 is 2.14 bits per heavy atom. The van der Waals surface area contributed by atoms with Crippen LogP contribution in [0.1, 0.15) is 33.5 Å². The lowest BCUT2D eigenvalue weighted by atomic mass is 10.2. The van der Waals surface area contributed by atoms with Crippen LogP contribution in [0.4, 0.5) is 0 Å². The fourth-order valence-electron chi connectivity index (χ4n) is 1.81. The Kier molecular flexibility index (Phi) is 4.77. The molecule has 7 heteroatoms. The molecule has 0 saturated heterocycles. The Bertz CT molecular complexity index is 685. The largest absolute Gasteiger partial charge is 0.467 e. The van der Waals surface area contributed by atoms with E-state index < -0.39 is 18.5 Å². The Morgan fingerprint density at radius 1 is 1.36 bits per heavy atom. The highest BCUT2D eigenvalue weighted by molar-refractivity contribution is 5.98. The summed E-state index contributed by atoms with van der Waals surface area (Å²) in [7, 11) is 1.63. The van der Waals surface area contributed by atoms with Crippen molar-refractivity contribution in [3.63, 3.8) is 0 Å². The number of nitrogens with one attached hydrogen (secondary N) is 1. The van der Waals surface area contributed by atoms with Crippen LogP contribution in [-0.2, 0) is 23.1 Å². The summed E-state index contributed by atoms with van der Waals surface area (Å²) in [4.78, 5) is 34.7. The molecule has 2 heterocycles. The maximum atomic E-state index is 11.9. The van der Waals surface area contributed by atoms with Gasteiger partial charge in [0.05, 0.1) is 12.8 Å². The fraction of sp³-hybridized carbons (Fsp3) is 0.267. The topological polar surface area (TPSA) is 90.5 Å². The van der Waals surface area contributed by atoms with E-state index in [1.165, 1.54) is 30.0 Å².